The quantitative estimate of drug-likeness (QED) is 0.100. The predicted octanol–water partition coefficient (Wildman–Crippen LogP) is 12.4. The molecule has 15 heteroatoms. The van der Waals surface area contributed by atoms with Crippen molar-refractivity contribution in [3.05, 3.63) is 129 Å². The van der Waals surface area contributed by atoms with E-state index in [-0.39, 0.29) is 24.6 Å². The fraction of sp³-hybridized carbons (Fsp3) is 0.395. The first-order chi connectivity index (χ1) is 26.7. The maximum Gasteiger partial charge on any atom is 0.416 e. The molecule has 6 rings (SSSR count). The summed E-state index contributed by atoms with van der Waals surface area (Å²) in [5.41, 5.74) is -3.03. The molecule has 312 valence electrons. The van der Waals surface area contributed by atoms with Crippen LogP contribution in [0.3, 0.4) is 0 Å². The number of alkyl halides is 12. The number of nitrogens with one attached hydrogen (secondary N) is 1. The van der Waals surface area contributed by atoms with E-state index in [1.54, 1.807) is 6.92 Å². The first-order valence-corrected chi connectivity index (χ1v) is 21.3. The topological polar surface area (TPSA) is 12.0 Å². The smallest absolute Gasteiger partial charge is 0.303 e. The molecule has 0 saturated heterocycles. The van der Waals surface area contributed by atoms with Gasteiger partial charge in [-0.15, -0.1) is 0 Å². The van der Waals surface area contributed by atoms with Crippen LogP contribution in [0.15, 0.2) is 84.9 Å². The third kappa shape index (κ3) is 9.47. The zero-order chi connectivity index (χ0) is 42.7. The van der Waals surface area contributed by atoms with E-state index in [0.717, 1.165) is 32.9 Å². The molecule has 2 unspecified atom stereocenters. The molecule has 4 atom stereocenters. The maximum absolute atomic E-state index is 14.4. The number of hydrogen-bond acceptors (Lipinski definition) is 1. The zero-order valence-corrected chi connectivity index (χ0v) is 33.9. The van der Waals surface area contributed by atoms with Gasteiger partial charge >= 0.3 is 24.7 Å². The van der Waals surface area contributed by atoms with Crippen LogP contribution in [0.2, 0.25) is 0 Å². The lowest BCUT2D eigenvalue weighted by Crippen LogP contribution is -2.51. The molecule has 1 N–H and O–H groups in total. The van der Waals surface area contributed by atoms with Crippen molar-refractivity contribution >= 4 is 37.1 Å². The Labute approximate surface area is 331 Å². The molecule has 4 aromatic rings. The number of aryl methyl sites for hydroxylation is 4. The van der Waals surface area contributed by atoms with Gasteiger partial charge in [-0.2, -0.15) is 52.7 Å². The highest BCUT2D eigenvalue weighted by molar-refractivity contribution is 7.75. The molecular weight excluding hydrogens is 820 g/mol. The Morgan fingerprint density at radius 1 is 0.552 bits per heavy atom. The minimum atomic E-state index is -5.32. The minimum absolute atomic E-state index is 0.0779. The monoisotopic (exact) mass is 861 g/mol. The summed E-state index contributed by atoms with van der Waals surface area (Å²) in [7, 11) is -4.27. The highest BCUT2D eigenvalue weighted by atomic mass is 31.1. The Hall–Kier alpha value is -3.40. The van der Waals surface area contributed by atoms with Gasteiger partial charge in [0, 0.05) is 17.0 Å². The van der Waals surface area contributed by atoms with Gasteiger partial charge in [-0.05, 0) is 126 Å². The van der Waals surface area contributed by atoms with E-state index in [0.29, 0.717) is 43.5 Å². The number of hydrogen-bond donors (Lipinski definition) is 1. The maximum atomic E-state index is 14.4. The second-order valence-corrected chi connectivity index (χ2v) is 20.7. The summed E-state index contributed by atoms with van der Waals surface area (Å²) in [6, 6.07) is 13.7. The third-order valence-electron chi connectivity index (χ3n) is 10.9. The summed E-state index contributed by atoms with van der Waals surface area (Å²) >= 11 is 0. The average molecular weight is 862 g/mol. The summed E-state index contributed by atoms with van der Waals surface area (Å²) in [6.45, 7) is 9.34. The van der Waals surface area contributed by atoms with Crippen LogP contribution >= 0.6 is 15.8 Å². The average Bonchev–Trinajstić information content (AvgIpc) is 3.44. The molecule has 0 radical (unpaired) electrons. The van der Waals surface area contributed by atoms with Crippen molar-refractivity contribution in [3.63, 3.8) is 0 Å². The SMILES string of the molecule is Cc1cc(C)cc(P(c2cc(C)cc(C)c2)[C@H](NC2C=CC2)C2CCC[C@]2(C)P(c2cc(C(F)(F)F)cc(C(F)(F)F)c2)c2cc(C(F)(F)F)cc(C(F)(F)F)c2)c1. The predicted molar refractivity (Wildman–Crippen MR) is 207 cm³/mol. The van der Waals surface area contributed by atoms with Gasteiger partial charge in [0.25, 0.3) is 0 Å². The lowest BCUT2D eigenvalue weighted by atomic mass is 9.95. The molecule has 4 aromatic carbocycles. The van der Waals surface area contributed by atoms with Gasteiger partial charge in [-0.25, -0.2) is 0 Å². The molecule has 1 fully saturated rings. The fourth-order valence-electron chi connectivity index (χ4n) is 8.46. The summed E-state index contributed by atoms with van der Waals surface area (Å²) in [4.78, 5) is 0. The van der Waals surface area contributed by atoms with Crippen LogP contribution in [-0.4, -0.2) is 17.0 Å². The highest BCUT2D eigenvalue weighted by Crippen LogP contribution is 2.64. The molecule has 0 aromatic heterocycles. The molecule has 0 aliphatic heterocycles. The molecule has 0 heterocycles. The lowest BCUT2D eigenvalue weighted by Gasteiger charge is -2.47. The summed E-state index contributed by atoms with van der Waals surface area (Å²) < 4.78 is 173. The molecule has 0 spiro atoms. The van der Waals surface area contributed by atoms with Crippen LogP contribution in [0, 0.1) is 33.6 Å². The normalized spacial score (nSPS) is 20.9. The van der Waals surface area contributed by atoms with Gasteiger partial charge < -0.3 is 5.32 Å². The zero-order valence-electron chi connectivity index (χ0n) is 32.1. The van der Waals surface area contributed by atoms with Crippen molar-refractivity contribution < 1.29 is 52.7 Å². The summed E-state index contributed by atoms with van der Waals surface area (Å²) in [6.07, 6.45) is -16.0. The first kappa shape index (κ1) is 44.2. The molecular formula is C43H41F12NP2. The standard InChI is InChI=1S/C43H41F12NP2/c1-24-12-25(2)15-33(14-24)57(34-16-26(3)13-27(4)17-34)38(56-32-8-6-9-32)37-10-7-11-39(37,5)58(35-20-28(40(44,45)46)18-29(21-35)41(47,48)49)36-22-30(42(50,51)52)19-31(23-36)43(53,54)55/h6,8,12-23,32,37-38,56H,7,9-11H2,1-5H3/t32?,37?,38-,39-/m0/s1. The molecule has 58 heavy (non-hydrogen) atoms. The van der Waals surface area contributed by atoms with E-state index in [1.165, 1.54) is 0 Å². The van der Waals surface area contributed by atoms with Crippen LogP contribution in [0.5, 0.6) is 0 Å². The molecule has 1 saturated carbocycles. The minimum Gasteiger partial charge on any atom is -0.303 e. The van der Waals surface area contributed by atoms with Crippen molar-refractivity contribution in [1.29, 1.82) is 0 Å². The lowest BCUT2D eigenvalue weighted by molar-refractivity contribution is -0.144. The van der Waals surface area contributed by atoms with Crippen molar-refractivity contribution in [2.24, 2.45) is 5.92 Å². The number of halogens is 12. The van der Waals surface area contributed by atoms with Crippen LogP contribution in [0.4, 0.5) is 52.7 Å². The van der Waals surface area contributed by atoms with Gasteiger partial charge in [0.2, 0.25) is 0 Å². The van der Waals surface area contributed by atoms with Gasteiger partial charge in [-0.1, -0.05) is 84.1 Å². The first-order valence-electron chi connectivity index (χ1n) is 18.5. The van der Waals surface area contributed by atoms with E-state index in [9.17, 15) is 52.7 Å². The van der Waals surface area contributed by atoms with Crippen molar-refractivity contribution in [1.82, 2.24) is 5.32 Å². The summed E-state index contributed by atoms with van der Waals surface area (Å²) in [5, 5.41) is 2.97. The van der Waals surface area contributed by atoms with Crippen molar-refractivity contribution in [3.8, 4) is 0 Å². The molecule has 0 amide bonds. The van der Waals surface area contributed by atoms with Gasteiger partial charge in [0.1, 0.15) is 0 Å². The highest BCUT2D eigenvalue weighted by Gasteiger charge is 2.53. The Kier molecular flexibility index (Phi) is 12.1. The Morgan fingerprint density at radius 3 is 1.22 bits per heavy atom. The fourth-order valence-corrected chi connectivity index (χ4v) is 15.6. The van der Waals surface area contributed by atoms with Crippen LogP contribution in [0.1, 0.15) is 77.1 Å². The second kappa shape index (κ2) is 15.9. The van der Waals surface area contributed by atoms with E-state index in [1.807, 2.05) is 76.2 Å². The molecule has 2 aliphatic rings. The third-order valence-corrected chi connectivity index (χ3v) is 16.8. The summed E-state index contributed by atoms with van der Waals surface area (Å²) in [5.74, 6) is -1.21. The van der Waals surface area contributed by atoms with E-state index >= 15 is 0 Å². The van der Waals surface area contributed by atoms with Crippen molar-refractivity contribution in [2.75, 3.05) is 0 Å². The largest absolute Gasteiger partial charge is 0.416 e. The van der Waals surface area contributed by atoms with Gasteiger partial charge in [0.05, 0.1) is 22.3 Å². The van der Waals surface area contributed by atoms with Crippen LogP contribution in [0.25, 0.3) is 0 Å². The van der Waals surface area contributed by atoms with E-state index in [4.69, 9.17) is 0 Å². The van der Waals surface area contributed by atoms with E-state index < -0.39 is 90.3 Å². The molecule has 2 aliphatic carbocycles. The number of rotatable bonds is 9. The number of benzene rings is 4. The Bertz CT molecular complexity index is 1950. The van der Waals surface area contributed by atoms with Crippen LogP contribution in [-0.2, 0) is 24.7 Å². The Balaban J connectivity index is 1.69. The van der Waals surface area contributed by atoms with E-state index in [2.05, 4.69) is 5.32 Å². The molecule has 0 bridgehead atoms. The van der Waals surface area contributed by atoms with Gasteiger partial charge in [-0.3, -0.25) is 0 Å². The Morgan fingerprint density at radius 2 is 0.914 bits per heavy atom. The van der Waals surface area contributed by atoms with Crippen molar-refractivity contribution in [2.45, 2.75) is 102 Å². The second-order valence-electron chi connectivity index (χ2n) is 15.7. The van der Waals surface area contributed by atoms with Gasteiger partial charge in [0.15, 0.2) is 0 Å². The molecule has 1 nitrogen and oxygen atoms in total. The van der Waals surface area contributed by atoms with Crippen LogP contribution < -0.4 is 26.5 Å².